The van der Waals surface area contributed by atoms with Crippen molar-refractivity contribution in [1.82, 2.24) is 15.5 Å². The number of thiocarbonyl (C=S) groups is 1. The van der Waals surface area contributed by atoms with Crippen molar-refractivity contribution in [2.45, 2.75) is 58.0 Å². The first-order valence-corrected chi connectivity index (χ1v) is 8.77. The van der Waals surface area contributed by atoms with Gasteiger partial charge in [0.15, 0.2) is 5.11 Å². The van der Waals surface area contributed by atoms with Crippen molar-refractivity contribution in [3.63, 3.8) is 0 Å². The van der Waals surface area contributed by atoms with Gasteiger partial charge in [-0.1, -0.05) is 19.8 Å². The van der Waals surface area contributed by atoms with Crippen LogP contribution in [0.1, 0.15) is 46.5 Å². The molecule has 4 nitrogen and oxygen atoms in total. The van der Waals surface area contributed by atoms with E-state index in [0.717, 1.165) is 43.9 Å². The summed E-state index contributed by atoms with van der Waals surface area (Å²) in [5.74, 6) is 0.728. The zero-order valence-electron chi connectivity index (χ0n) is 13.8. The van der Waals surface area contributed by atoms with E-state index < -0.39 is 0 Å². The van der Waals surface area contributed by atoms with Crippen molar-refractivity contribution in [1.29, 1.82) is 0 Å². The van der Waals surface area contributed by atoms with E-state index in [-0.39, 0.29) is 5.54 Å². The number of hydrogen-bond acceptors (Lipinski definition) is 3. The summed E-state index contributed by atoms with van der Waals surface area (Å²) in [6.07, 6.45) is 5.25. The molecule has 0 bridgehead atoms. The van der Waals surface area contributed by atoms with Crippen molar-refractivity contribution >= 4 is 17.3 Å². The topological polar surface area (TPSA) is 36.5 Å². The summed E-state index contributed by atoms with van der Waals surface area (Å²) < 4.78 is 5.43. The molecule has 0 aromatic carbocycles. The van der Waals surface area contributed by atoms with Crippen molar-refractivity contribution in [3.8, 4) is 0 Å². The minimum absolute atomic E-state index is 0.105. The van der Waals surface area contributed by atoms with Gasteiger partial charge < -0.3 is 15.4 Å². The summed E-state index contributed by atoms with van der Waals surface area (Å²) >= 11 is 5.49. The quantitative estimate of drug-likeness (QED) is 0.778. The second-order valence-corrected chi connectivity index (χ2v) is 7.52. The number of morpholine rings is 1. The molecule has 2 aliphatic rings. The standard InChI is InChI=1S/C16H31N3OS/c1-13-6-4-5-7-14(13)18-15(21)17-12-16(2,3)19-8-10-20-11-9-19/h13-14H,4-12H2,1-3H3,(H2,17,18,21)/t13-,14+/m1/s1. The van der Waals surface area contributed by atoms with Gasteiger partial charge >= 0.3 is 0 Å². The van der Waals surface area contributed by atoms with Crippen LogP contribution in [0.25, 0.3) is 0 Å². The first-order valence-electron chi connectivity index (χ1n) is 8.36. The van der Waals surface area contributed by atoms with Gasteiger partial charge in [0.05, 0.1) is 13.2 Å². The molecule has 0 aromatic heterocycles. The molecule has 0 spiro atoms. The molecule has 2 N–H and O–H groups in total. The van der Waals surface area contributed by atoms with Gasteiger partial charge in [0, 0.05) is 31.2 Å². The smallest absolute Gasteiger partial charge is 0.166 e. The molecule has 122 valence electrons. The molecule has 21 heavy (non-hydrogen) atoms. The van der Waals surface area contributed by atoms with E-state index in [2.05, 4.69) is 36.3 Å². The van der Waals surface area contributed by atoms with Crippen molar-refractivity contribution in [3.05, 3.63) is 0 Å². The fourth-order valence-corrected chi connectivity index (χ4v) is 3.55. The van der Waals surface area contributed by atoms with Crippen LogP contribution in [0.5, 0.6) is 0 Å². The maximum atomic E-state index is 5.49. The van der Waals surface area contributed by atoms with Gasteiger partial charge in [-0.2, -0.15) is 0 Å². The molecule has 0 aromatic rings. The highest BCUT2D eigenvalue weighted by molar-refractivity contribution is 7.80. The molecule has 0 unspecified atom stereocenters. The largest absolute Gasteiger partial charge is 0.379 e. The van der Waals surface area contributed by atoms with Crippen LogP contribution in [0.4, 0.5) is 0 Å². The maximum Gasteiger partial charge on any atom is 0.166 e. The second-order valence-electron chi connectivity index (χ2n) is 7.11. The molecule has 1 saturated heterocycles. The van der Waals surface area contributed by atoms with E-state index in [9.17, 15) is 0 Å². The molecular formula is C16H31N3OS. The molecule has 2 rings (SSSR count). The predicted molar refractivity (Wildman–Crippen MR) is 91.6 cm³/mol. The van der Waals surface area contributed by atoms with E-state index >= 15 is 0 Å². The minimum Gasteiger partial charge on any atom is -0.379 e. The Kier molecular flexibility index (Phi) is 6.26. The number of hydrogen-bond donors (Lipinski definition) is 2. The summed E-state index contributed by atoms with van der Waals surface area (Å²) in [4.78, 5) is 2.48. The van der Waals surface area contributed by atoms with E-state index in [0.29, 0.717) is 6.04 Å². The van der Waals surface area contributed by atoms with Crippen LogP contribution >= 0.6 is 12.2 Å². The molecule has 1 saturated carbocycles. The van der Waals surface area contributed by atoms with Crippen molar-refractivity contribution in [2.24, 2.45) is 5.92 Å². The van der Waals surface area contributed by atoms with Crippen LogP contribution in [0.2, 0.25) is 0 Å². The minimum atomic E-state index is 0.105. The molecule has 1 aliphatic carbocycles. The van der Waals surface area contributed by atoms with E-state index in [4.69, 9.17) is 17.0 Å². The van der Waals surface area contributed by atoms with E-state index in [1.165, 1.54) is 25.7 Å². The van der Waals surface area contributed by atoms with Gasteiger partial charge in [-0.3, -0.25) is 4.90 Å². The SMILES string of the molecule is C[C@@H]1CCCC[C@@H]1NC(=S)NCC(C)(C)N1CCOCC1. The Morgan fingerprint density at radius 1 is 1.24 bits per heavy atom. The van der Waals surface area contributed by atoms with Gasteiger partial charge in [0.2, 0.25) is 0 Å². The molecule has 5 heteroatoms. The Morgan fingerprint density at radius 2 is 1.90 bits per heavy atom. The molecule has 0 radical (unpaired) electrons. The number of nitrogens with zero attached hydrogens (tertiary/aromatic N) is 1. The lowest BCUT2D eigenvalue weighted by atomic mass is 9.86. The number of nitrogens with one attached hydrogen (secondary N) is 2. The Bertz CT molecular complexity index is 342. The first-order chi connectivity index (χ1) is 9.99. The van der Waals surface area contributed by atoms with Crippen LogP contribution in [0.15, 0.2) is 0 Å². The Labute approximate surface area is 135 Å². The average Bonchev–Trinajstić information content (AvgIpc) is 2.49. The third kappa shape index (κ3) is 5.08. The van der Waals surface area contributed by atoms with Crippen LogP contribution in [-0.2, 0) is 4.74 Å². The lowest BCUT2D eigenvalue weighted by Gasteiger charge is -2.41. The van der Waals surface area contributed by atoms with Gasteiger partial charge in [-0.25, -0.2) is 0 Å². The highest BCUT2D eigenvalue weighted by Crippen LogP contribution is 2.23. The van der Waals surface area contributed by atoms with E-state index in [1.54, 1.807) is 0 Å². The van der Waals surface area contributed by atoms with Crippen molar-refractivity contribution in [2.75, 3.05) is 32.8 Å². The summed E-state index contributed by atoms with van der Waals surface area (Å²) in [6, 6.07) is 0.547. The Balaban J connectivity index is 1.74. The summed E-state index contributed by atoms with van der Waals surface area (Å²) in [5, 5.41) is 7.76. The molecule has 1 aliphatic heterocycles. The molecule has 2 atom stereocenters. The Morgan fingerprint density at radius 3 is 2.57 bits per heavy atom. The normalized spacial score (nSPS) is 28.1. The maximum absolute atomic E-state index is 5.49. The predicted octanol–water partition coefficient (Wildman–Crippen LogP) is 2.14. The van der Waals surface area contributed by atoms with Gasteiger partial charge in [-0.15, -0.1) is 0 Å². The fraction of sp³-hybridized carbons (Fsp3) is 0.938. The molecule has 1 heterocycles. The monoisotopic (exact) mass is 313 g/mol. The van der Waals surface area contributed by atoms with Crippen LogP contribution < -0.4 is 10.6 Å². The zero-order chi connectivity index (χ0) is 15.3. The highest BCUT2D eigenvalue weighted by atomic mass is 32.1. The van der Waals surface area contributed by atoms with Gasteiger partial charge in [0.25, 0.3) is 0 Å². The first kappa shape index (κ1) is 17.0. The van der Waals surface area contributed by atoms with Crippen molar-refractivity contribution < 1.29 is 4.74 Å². The van der Waals surface area contributed by atoms with Crippen LogP contribution in [-0.4, -0.2) is 54.4 Å². The summed E-state index contributed by atoms with van der Waals surface area (Å²) in [7, 11) is 0. The number of ether oxygens (including phenoxy) is 1. The van der Waals surface area contributed by atoms with Gasteiger partial charge in [0.1, 0.15) is 0 Å². The lowest BCUT2D eigenvalue weighted by molar-refractivity contribution is -0.00831. The molecule has 0 amide bonds. The van der Waals surface area contributed by atoms with Gasteiger partial charge in [-0.05, 0) is 44.8 Å². The second kappa shape index (κ2) is 7.75. The lowest BCUT2D eigenvalue weighted by Crippen LogP contribution is -2.57. The third-order valence-corrected chi connectivity index (χ3v) is 5.24. The van der Waals surface area contributed by atoms with Crippen LogP contribution in [0, 0.1) is 5.92 Å². The zero-order valence-corrected chi connectivity index (χ0v) is 14.6. The number of rotatable bonds is 4. The Hall–Kier alpha value is -0.390. The third-order valence-electron chi connectivity index (χ3n) is 4.98. The summed E-state index contributed by atoms with van der Waals surface area (Å²) in [6.45, 7) is 11.5. The highest BCUT2D eigenvalue weighted by Gasteiger charge is 2.28. The fourth-order valence-electron chi connectivity index (χ4n) is 3.33. The van der Waals surface area contributed by atoms with E-state index in [1.807, 2.05) is 0 Å². The average molecular weight is 314 g/mol. The molecule has 2 fully saturated rings. The summed E-state index contributed by atoms with van der Waals surface area (Å²) in [5.41, 5.74) is 0.105. The molecular weight excluding hydrogens is 282 g/mol. The van der Waals surface area contributed by atoms with Crippen LogP contribution in [0.3, 0.4) is 0 Å².